The van der Waals surface area contributed by atoms with Crippen LogP contribution in [0.5, 0.6) is 0 Å². The van der Waals surface area contributed by atoms with E-state index in [2.05, 4.69) is 21.2 Å². The second-order valence-corrected chi connectivity index (χ2v) is 6.22. The first kappa shape index (κ1) is 15.6. The molecule has 1 aromatic rings. The third-order valence-electron chi connectivity index (χ3n) is 2.28. The lowest BCUT2D eigenvalue weighted by molar-refractivity contribution is -0.140. The Labute approximate surface area is 121 Å². The lowest BCUT2D eigenvalue weighted by Crippen LogP contribution is -2.40. The number of carboxylic acids is 2. The minimum atomic E-state index is -1.17. The molecule has 1 aromatic heterocycles. The highest BCUT2D eigenvalue weighted by molar-refractivity contribution is 9.11. The molecule has 3 N–H and O–H groups in total. The number of hydrogen-bond donors (Lipinski definition) is 3. The summed E-state index contributed by atoms with van der Waals surface area (Å²) in [4.78, 5) is 33.5. The van der Waals surface area contributed by atoms with E-state index in [-0.39, 0.29) is 19.3 Å². The summed E-state index contributed by atoms with van der Waals surface area (Å²) >= 11 is 4.41. The third-order valence-corrected chi connectivity index (χ3v) is 3.91. The van der Waals surface area contributed by atoms with Gasteiger partial charge in [0, 0.05) is 6.42 Å². The molecule has 8 heteroatoms. The van der Waals surface area contributed by atoms with Crippen molar-refractivity contribution < 1.29 is 24.6 Å². The zero-order valence-corrected chi connectivity index (χ0v) is 12.2. The van der Waals surface area contributed by atoms with Gasteiger partial charge in [0.15, 0.2) is 0 Å². The molecule has 0 unspecified atom stereocenters. The number of halogens is 1. The molecule has 0 fully saturated rings. The standard InChI is InChI=1S/C11H12BrNO5S/c12-8-5-4-7(19-8)10(16)13-6(11(17)18)2-1-3-9(14)15/h4-6H,1-3H2,(H,13,16)(H,14,15)(H,17,18)/t6-/m1/s1. The van der Waals surface area contributed by atoms with E-state index in [1.807, 2.05) is 0 Å². The molecule has 0 spiro atoms. The van der Waals surface area contributed by atoms with Crippen LogP contribution in [0, 0.1) is 0 Å². The fraction of sp³-hybridized carbons (Fsp3) is 0.364. The van der Waals surface area contributed by atoms with Gasteiger partial charge in [0.05, 0.1) is 8.66 Å². The number of thiophene rings is 1. The Morgan fingerprint density at radius 2 is 2.00 bits per heavy atom. The molecular weight excluding hydrogens is 338 g/mol. The Kier molecular flexibility index (Phi) is 5.97. The molecule has 104 valence electrons. The summed E-state index contributed by atoms with van der Waals surface area (Å²) in [6, 6.07) is 2.20. The van der Waals surface area contributed by atoms with Gasteiger partial charge in [0.2, 0.25) is 0 Å². The molecule has 1 amide bonds. The third kappa shape index (κ3) is 5.39. The average Bonchev–Trinajstić information content (AvgIpc) is 2.73. The molecule has 0 aromatic carbocycles. The minimum Gasteiger partial charge on any atom is -0.481 e. The van der Waals surface area contributed by atoms with E-state index < -0.39 is 23.9 Å². The summed E-state index contributed by atoms with van der Waals surface area (Å²) < 4.78 is 0.774. The first-order chi connectivity index (χ1) is 8.90. The number of hydrogen-bond acceptors (Lipinski definition) is 4. The van der Waals surface area contributed by atoms with Crippen molar-refractivity contribution >= 4 is 45.1 Å². The summed E-state index contributed by atoms with van der Waals surface area (Å²) in [5.41, 5.74) is 0. The van der Waals surface area contributed by atoms with Gasteiger partial charge in [-0.3, -0.25) is 9.59 Å². The molecule has 0 saturated carbocycles. The zero-order chi connectivity index (χ0) is 14.4. The van der Waals surface area contributed by atoms with Crippen LogP contribution >= 0.6 is 27.3 Å². The molecule has 0 aliphatic carbocycles. The van der Waals surface area contributed by atoms with Gasteiger partial charge in [-0.25, -0.2) is 4.79 Å². The molecule has 1 rings (SSSR count). The van der Waals surface area contributed by atoms with E-state index in [0.29, 0.717) is 4.88 Å². The second-order valence-electron chi connectivity index (χ2n) is 3.75. The first-order valence-electron chi connectivity index (χ1n) is 5.41. The highest BCUT2D eigenvalue weighted by atomic mass is 79.9. The highest BCUT2D eigenvalue weighted by Gasteiger charge is 2.21. The van der Waals surface area contributed by atoms with Crippen LogP contribution in [-0.2, 0) is 9.59 Å². The van der Waals surface area contributed by atoms with Crippen LogP contribution in [0.4, 0.5) is 0 Å². The van der Waals surface area contributed by atoms with E-state index in [0.717, 1.165) is 3.79 Å². The van der Waals surface area contributed by atoms with Crippen LogP contribution in [0.25, 0.3) is 0 Å². The van der Waals surface area contributed by atoms with Crippen LogP contribution in [0.3, 0.4) is 0 Å². The molecule has 0 radical (unpaired) electrons. The molecule has 19 heavy (non-hydrogen) atoms. The van der Waals surface area contributed by atoms with Crippen LogP contribution in [0.15, 0.2) is 15.9 Å². The number of carboxylic acid groups (broad SMARTS) is 2. The summed E-state index contributed by atoms with van der Waals surface area (Å²) in [5, 5.41) is 19.8. The SMILES string of the molecule is O=C(O)CCC[C@@H](NC(=O)c1ccc(Br)s1)C(=O)O. The lowest BCUT2D eigenvalue weighted by atomic mass is 10.1. The Hall–Kier alpha value is -1.41. The quantitative estimate of drug-likeness (QED) is 0.697. The molecule has 0 aliphatic heterocycles. The first-order valence-corrected chi connectivity index (χ1v) is 7.02. The smallest absolute Gasteiger partial charge is 0.326 e. The van der Waals surface area contributed by atoms with Crippen LogP contribution in [0.2, 0.25) is 0 Å². The van der Waals surface area contributed by atoms with Crippen molar-refractivity contribution in [3.05, 3.63) is 20.8 Å². The number of aliphatic carboxylic acids is 2. The number of carbonyl (C=O) groups excluding carboxylic acids is 1. The van der Waals surface area contributed by atoms with Crippen molar-refractivity contribution in [1.82, 2.24) is 5.32 Å². The predicted octanol–water partition coefficient (Wildman–Crippen LogP) is 1.95. The van der Waals surface area contributed by atoms with Crippen molar-refractivity contribution in [1.29, 1.82) is 0 Å². The van der Waals surface area contributed by atoms with E-state index in [1.54, 1.807) is 12.1 Å². The summed E-state index contributed by atoms with van der Waals surface area (Å²) in [6.07, 6.45) is 0.158. The van der Waals surface area contributed by atoms with E-state index >= 15 is 0 Å². The Balaban J connectivity index is 2.55. The maximum absolute atomic E-state index is 11.8. The van der Waals surface area contributed by atoms with Gasteiger partial charge in [0.1, 0.15) is 6.04 Å². The maximum atomic E-state index is 11.8. The van der Waals surface area contributed by atoms with E-state index in [1.165, 1.54) is 11.3 Å². The van der Waals surface area contributed by atoms with Crippen LogP contribution < -0.4 is 5.32 Å². The minimum absolute atomic E-state index is 0.0833. The fourth-order valence-electron chi connectivity index (χ4n) is 1.38. The molecule has 0 bridgehead atoms. The number of rotatable bonds is 7. The number of carbonyl (C=O) groups is 3. The Morgan fingerprint density at radius 3 is 2.47 bits per heavy atom. The number of nitrogens with one attached hydrogen (secondary N) is 1. The van der Waals surface area contributed by atoms with Crippen LogP contribution in [-0.4, -0.2) is 34.1 Å². The molecule has 1 atom stereocenters. The van der Waals surface area contributed by atoms with E-state index in [9.17, 15) is 14.4 Å². The van der Waals surface area contributed by atoms with E-state index in [4.69, 9.17) is 10.2 Å². The number of amides is 1. The normalized spacial score (nSPS) is 11.8. The zero-order valence-electron chi connectivity index (χ0n) is 9.76. The van der Waals surface area contributed by atoms with Crippen molar-refractivity contribution in [2.24, 2.45) is 0 Å². The topological polar surface area (TPSA) is 104 Å². The van der Waals surface area contributed by atoms with Gasteiger partial charge in [-0.05, 0) is 40.9 Å². The van der Waals surface area contributed by atoms with Gasteiger partial charge in [-0.2, -0.15) is 0 Å². The molecule has 1 heterocycles. The van der Waals surface area contributed by atoms with Crippen molar-refractivity contribution in [2.45, 2.75) is 25.3 Å². The van der Waals surface area contributed by atoms with Gasteiger partial charge in [-0.1, -0.05) is 0 Å². The van der Waals surface area contributed by atoms with Crippen LogP contribution in [0.1, 0.15) is 28.9 Å². The summed E-state index contributed by atoms with van der Waals surface area (Å²) in [6.45, 7) is 0. The predicted molar refractivity (Wildman–Crippen MR) is 72.4 cm³/mol. The molecule has 0 saturated heterocycles. The summed E-state index contributed by atoms with van der Waals surface area (Å²) in [7, 11) is 0. The van der Waals surface area contributed by atoms with Crippen molar-refractivity contribution in [3.63, 3.8) is 0 Å². The molecule has 6 nitrogen and oxygen atoms in total. The van der Waals surface area contributed by atoms with Gasteiger partial charge < -0.3 is 15.5 Å². The Bertz CT molecular complexity index is 487. The van der Waals surface area contributed by atoms with Crippen molar-refractivity contribution in [3.8, 4) is 0 Å². The largest absolute Gasteiger partial charge is 0.481 e. The second kappa shape index (κ2) is 7.25. The van der Waals surface area contributed by atoms with Crippen molar-refractivity contribution in [2.75, 3.05) is 0 Å². The fourth-order valence-corrected chi connectivity index (χ4v) is 2.67. The van der Waals surface area contributed by atoms with Gasteiger partial charge in [-0.15, -0.1) is 11.3 Å². The summed E-state index contributed by atoms with van der Waals surface area (Å²) in [5.74, 6) is -2.63. The molecule has 0 aliphatic rings. The monoisotopic (exact) mass is 349 g/mol. The molecular formula is C11H12BrNO5S. The highest BCUT2D eigenvalue weighted by Crippen LogP contribution is 2.22. The lowest BCUT2D eigenvalue weighted by Gasteiger charge is -2.13. The van der Waals surface area contributed by atoms with Gasteiger partial charge in [0.25, 0.3) is 5.91 Å². The average molecular weight is 350 g/mol. The van der Waals surface area contributed by atoms with Gasteiger partial charge >= 0.3 is 11.9 Å². The Morgan fingerprint density at radius 1 is 1.32 bits per heavy atom. The maximum Gasteiger partial charge on any atom is 0.326 e.